The molecule has 3 aromatic heterocycles. The Morgan fingerprint density at radius 1 is 0.600 bits per heavy atom. The number of unbranched alkanes of at least 4 members (excludes halogenated alkanes) is 2. The van der Waals surface area contributed by atoms with E-state index >= 15 is 0 Å². The minimum Gasteiger partial charge on any atom is -0.490 e. The van der Waals surface area contributed by atoms with Gasteiger partial charge in [-0.25, -0.2) is 14.3 Å². The number of methoxy groups -OCH3 is 2. The molecule has 414 valence electrons. The molecular formula is C46H67N7O18P4. The Kier molecular flexibility index (Phi) is 26.0. The molecule has 0 spiro atoms. The Bertz CT molecular complexity index is 2630. The van der Waals surface area contributed by atoms with Gasteiger partial charge in [0.2, 0.25) is 0 Å². The number of carboxylic acids is 1. The number of rotatable bonds is 34. The molecule has 0 saturated carbocycles. The molecule has 0 amide bonds. The van der Waals surface area contributed by atoms with E-state index in [4.69, 9.17) is 47.1 Å². The van der Waals surface area contributed by atoms with Crippen LogP contribution in [0.25, 0.3) is 11.6 Å². The largest absolute Gasteiger partial charge is 0.490 e. The Balaban J connectivity index is 1.87. The highest BCUT2D eigenvalue weighted by Gasteiger charge is 2.32. The van der Waals surface area contributed by atoms with Crippen molar-refractivity contribution >= 4 is 36.4 Å². The number of hydrogen-bond donors (Lipinski definition) is 5. The third-order valence-corrected chi connectivity index (χ3v) is 15.5. The summed E-state index contributed by atoms with van der Waals surface area (Å²) in [5.41, 5.74) is 1.86. The molecule has 0 saturated heterocycles. The zero-order valence-electron chi connectivity index (χ0n) is 42.8. The van der Waals surface area contributed by atoms with Crippen LogP contribution in [-0.2, 0) is 63.7 Å². The molecule has 4 aromatic rings. The monoisotopic (exact) mass is 1130 g/mol. The van der Waals surface area contributed by atoms with E-state index < -0.39 is 61.5 Å². The van der Waals surface area contributed by atoms with E-state index in [0.29, 0.717) is 58.8 Å². The van der Waals surface area contributed by atoms with E-state index in [2.05, 4.69) is 33.9 Å². The molecule has 0 bridgehead atoms. The van der Waals surface area contributed by atoms with E-state index in [1.54, 1.807) is 76.5 Å². The Morgan fingerprint density at radius 3 is 1.40 bits per heavy atom. The van der Waals surface area contributed by atoms with E-state index in [0.717, 1.165) is 0 Å². The van der Waals surface area contributed by atoms with Gasteiger partial charge in [-0.05, 0) is 64.8 Å². The summed E-state index contributed by atoms with van der Waals surface area (Å²) in [4.78, 5) is 60.3. The van der Waals surface area contributed by atoms with Crippen molar-refractivity contribution in [3.8, 4) is 46.8 Å². The topological polar surface area (TPSA) is 315 Å². The highest BCUT2D eigenvalue weighted by molar-refractivity contribution is 7.54. The molecule has 0 aliphatic rings. The van der Waals surface area contributed by atoms with Crippen LogP contribution in [0.2, 0.25) is 0 Å². The molecule has 1 aromatic carbocycles. The Morgan fingerprint density at radius 2 is 1.01 bits per heavy atom. The molecule has 4 unspecified atom stereocenters. The third-order valence-electron chi connectivity index (χ3n) is 9.84. The summed E-state index contributed by atoms with van der Waals surface area (Å²) in [6.07, 6.45) is 2.20. The summed E-state index contributed by atoms with van der Waals surface area (Å²) in [6.45, 7) is 6.33. The summed E-state index contributed by atoms with van der Waals surface area (Å²) in [7, 11) is -13.9. The first-order valence-electron chi connectivity index (χ1n) is 23.7. The van der Waals surface area contributed by atoms with E-state index in [-0.39, 0.29) is 84.0 Å². The average molecular weight is 1130 g/mol. The van der Waals surface area contributed by atoms with Crippen LogP contribution in [0.1, 0.15) is 81.5 Å². The standard InChI is InChI=1S/C46H67N7O18P4/c1-7-68-72(56,57)33-50(34-73(58,59)69-8-2)31-40-19-21-52(48-40)44-27-37(28-45(47-44)53-22-20-41(49-53)32-51(35-74(60,61)70-9-3)36-75(62,63)71-10-4)17-18-39-30-42(66-25-23-64-5)38(29-43(39)67-26-24-65-6)15-13-11-12-14-16-46(54)55/h19-22,27-30H,7-12,14,16,23-26,31-36H2,1-6H3,(H,54,55)(H,56,57)(H,58,59)(H,60,61)(H,62,63). The average Bonchev–Trinajstić information content (AvgIpc) is 3.99. The quantitative estimate of drug-likeness (QED) is 0.0197. The number of aromatic nitrogens is 5. The number of carboxylic acid groups (broad SMARTS) is 1. The molecule has 75 heavy (non-hydrogen) atoms. The Labute approximate surface area is 436 Å². The maximum Gasteiger partial charge on any atom is 0.342 e. The minimum absolute atomic E-state index is 0.0386. The zero-order chi connectivity index (χ0) is 55.1. The minimum atomic E-state index is -4.25. The number of hydrogen-bond acceptors (Lipinski definition) is 18. The van der Waals surface area contributed by atoms with Crippen molar-refractivity contribution in [1.82, 2.24) is 34.3 Å². The first-order valence-corrected chi connectivity index (χ1v) is 30.7. The number of aliphatic carboxylic acids is 1. The lowest BCUT2D eigenvalue weighted by Gasteiger charge is -2.25. The fraction of sp³-hybridized carbons (Fsp3) is 0.522. The predicted octanol–water partition coefficient (Wildman–Crippen LogP) is 6.22. The fourth-order valence-corrected chi connectivity index (χ4v) is 12.0. The highest BCUT2D eigenvalue weighted by atomic mass is 31.2. The lowest BCUT2D eigenvalue weighted by molar-refractivity contribution is -0.137. The number of pyridine rings is 1. The molecule has 0 aliphatic heterocycles. The zero-order valence-corrected chi connectivity index (χ0v) is 46.4. The Hall–Kier alpha value is -4.58. The van der Waals surface area contributed by atoms with E-state index in [1.807, 2.05) is 0 Å². The smallest absolute Gasteiger partial charge is 0.342 e. The van der Waals surface area contributed by atoms with Gasteiger partial charge in [0.15, 0.2) is 11.6 Å². The molecule has 0 fully saturated rings. The second kappa shape index (κ2) is 31.0. The first-order chi connectivity index (χ1) is 35.6. The highest BCUT2D eigenvalue weighted by Crippen LogP contribution is 2.49. The van der Waals surface area contributed by atoms with Crippen LogP contribution in [-0.4, -0.2) is 157 Å². The molecule has 29 heteroatoms. The van der Waals surface area contributed by atoms with Gasteiger partial charge >= 0.3 is 36.4 Å². The first kappa shape index (κ1) is 63.0. The molecule has 0 aliphatic carbocycles. The number of carbonyl (C=O) groups is 1. The maximum absolute atomic E-state index is 12.9. The van der Waals surface area contributed by atoms with E-state index in [9.17, 15) is 42.6 Å². The number of ether oxygens (including phenoxy) is 4. The van der Waals surface area contributed by atoms with Gasteiger partial charge in [0.25, 0.3) is 0 Å². The second-order valence-corrected chi connectivity index (χ2v) is 23.5. The molecule has 4 rings (SSSR count). The van der Waals surface area contributed by atoms with Crippen LogP contribution in [0.15, 0.2) is 48.8 Å². The summed E-state index contributed by atoms with van der Waals surface area (Å²) in [6, 6.07) is 9.78. The lowest BCUT2D eigenvalue weighted by atomic mass is 10.1. The van der Waals surface area contributed by atoms with E-state index in [1.165, 1.54) is 33.4 Å². The van der Waals surface area contributed by atoms with Gasteiger partial charge in [0.1, 0.15) is 49.9 Å². The van der Waals surface area contributed by atoms with Crippen LogP contribution < -0.4 is 9.47 Å². The summed E-state index contributed by atoms with van der Waals surface area (Å²) in [5, 5.41) is 18.3. The van der Waals surface area contributed by atoms with Gasteiger partial charge in [0.05, 0.1) is 62.2 Å². The van der Waals surface area contributed by atoms with Crippen molar-refractivity contribution in [2.75, 3.05) is 92.2 Å². The van der Waals surface area contributed by atoms with Crippen LogP contribution in [0.5, 0.6) is 11.5 Å². The van der Waals surface area contributed by atoms with Crippen molar-refractivity contribution in [3.63, 3.8) is 0 Å². The molecule has 0 radical (unpaired) electrons. The van der Waals surface area contributed by atoms with Gasteiger partial charge in [-0.1, -0.05) is 23.7 Å². The molecule has 25 nitrogen and oxygen atoms in total. The lowest BCUT2D eigenvalue weighted by Crippen LogP contribution is -2.27. The fourth-order valence-electron chi connectivity index (χ4n) is 6.94. The molecule has 3 heterocycles. The van der Waals surface area contributed by atoms with Crippen LogP contribution >= 0.6 is 30.4 Å². The van der Waals surface area contributed by atoms with Crippen LogP contribution in [0, 0.1) is 23.7 Å². The van der Waals surface area contributed by atoms with Crippen molar-refractivity contribution < 1.29 is 84.8 Å². The van der Waals surface area contributed by atoms with Gasteiger partial charge in [-0.15, -0.1) is 0 Å². The van der Waals surface area contributed by atoms with Gasteiger partial charge < -0.3 is 61.7 Å². The van der Waals surface area contributed by atoms with Crippen molar-refractivity contribution in [2.24, 2.45) is 0 Å². The maximum atomic E-state index is 12.9. The summed E-state index contributed by atoms with van der Waals surface area (Å²) >= 11 is 0. The van der Waals surface area contributed by atoms with Gasteiger partial charge in [0, 0.05) is 70.2 Å². The second-order valence-electron chi connectivity index (χ2n) is 16.2. The molecule has 4 atom stereocenters. The normalized spacial score (nSPS) is 14.7. The SMILES string of the molecule is CCOP(=O)(O)CN(Cc1ccn(-c2cc(C#Cc3cc(OCCOC)c(C#CCCCCC(=O)O)cc3OCCOC)cc(-n3ccc(CN(CP(=O)(O)OCC)CP(=O)(O)OCC)n3)n2)n1)CP(=O)(O)OCC. The predicted molar refractivity (Wildman–Crippen MR) is 275 cm³/mol. The van der Waals surface area contributed by atoms with Gasteiger partial charge in [-0.2, -0.15) is 10.2 Å². The number of nitrogens with zero attached hydrogens (tertiary/aromatic N) is 7. The molecule has 5 N–H and O–H groups in total. The van der Waals surface area contributed by atoms with Crippen LogP contribution in [0.3, 0.4) is 0 Å². The number of benzene rings is 1. The third kappa shape index (κ3) is 22.9. The van der Waals surface area contributed by atoms with Crippen molar-refractivity contribution in [3.05, 3.63) is 76.9 Å². The summed E-state index contributed by atoms with van der Waals surface area (Å²) in [5.74, 6) is 12.8. The summed E-state index contributed by atoms with van der Waals surface area (Å²) < 4.78 is 97.2. The van der Waals surface area contributed by atoms with Crippen molar-refractivity contribution in [1.29, 1.82) is 0 Å². The van der Waals surface area contributed by atoms with Crippen molar-refractivity contribution in [2.45, 2.75) is 66.5 Å². The van der Waals surface area contributed by atoms with Crippen LogP contribution in [0.4, 0.5) is 0 Å². The van der Waals surface area contributed by atoms with Gasteiger partial charge in [-0.3, -0.25) is 32.9 Å². The molecular weight excluding hydrogens is 1060 g/mol.